The van der Waals surface area contributed by atoms with Crippen molar-refractivity contribution in [1.82, 2.24) is 24.7 Å². The van der Waals surface area contributed by atoms with Crippen molar-refractivity contribution in [3.63, 3.8) is 0 Å². The molecule has 0 spiro atoms. The summed E-state index contributed by atoms with van der Waals surface area (Å²) >= 11 is 0. The van der Waals surface area contributed by atoms with Crippen LogP contribution in [-0.2, 0) is 6.54 Å². The van der Waals surface area contributed by atoms with Crippen molar-refractivity contribution >= 4 is 0 Å². The van der Waals surface area contributed by atoms with E-state index >= 15 is 0 Å². The second-order valence-corrected chi connectivity index (χ2v) is 9.29. The largest absolute Gasteiger partial charge is 0.298 e. The molecule has 0 N–H and O–H groups in total. The lowest BCUT2D eigenvalue weighted by atomic mass is 9.85. The van der Waals surface area contributed by atoms with Gasteiger partial charge in [-0.15, -0.1) is 0 Å². The van der Waals surface area contributed by atoms with Crippen LogP contribution >= 0.6 is 0 Å². The Hall–Kier alpha value is -1.04. The van der Waals surface area contributed by atoms with Gasteiger partial charge in [0, 0.05) is 81.8 Å². The van der Waals surface area contributed by atoms with Crippen LogP contribution in [0.1, 0.15) is 68.7 Å². The molecule has 2 aliphatic carbocycles. The second-order valence-electron chi connectivity index (χ2n) is 9.29. The zero-order valence-corrected chi connectivity index (χ0v) is 16.7. The first-order valence-corrected chi connectivity index (χ1v) is 11.4. The highest BCUT2D eigenvalue weighted by atomic mass is 15.4. The molecule has 1 aromatic heterocycles. The maximum Gasteiger partial charge on any atom is 0.131 e. The number of hydrogen-bond donors (Lipinski definition) is 0. The highest BCUT2D eigenvalue weighted by Gasteiger charge is 2.34. The van der Waals surface area contributed by atoms with Crippen LogP contribution in [0.4, 0.5) is 0 Å². The lowest BCUT2D eigenvalue weighted by Gasteiger charge is -2.49. The topological polar surface area (TPSA) is 35.5 Å². The van der Waals surface area contributed by atoms with Crippen molar-refractivity contribution in [2.24, 2.45) is 0 Å². The average molecular weight is 370 g/mol. The van der Waals surface area contributed by atoms with Crippen LogP contribution < -0.4 is 0 Å². The molecule has 4 aliphatic rings. The summed E-state index contributed by atoms with van der Waals surface area (Å²) in [7, 11) is 0. The lowest BCUT2D eigenvalue weighted by Crippen LogP contribution is -2.63. The normalized spacial score (nSPS) is 27.4. The van der Waals surface area contributed by atoms with Crippen molar-refractivity contribution in [1.29, 1.82) is 0 Å². The van der Waals surface area contributed by atoms with E-state index < -0.39 is 0 Å². The highest BCUT2D eigenvalue weighted by molar-refractivity contribution is 5.10. The summed E-state index contributed by atoms with van der Waals surface area (Å²) < 4.78 is 0. The van der Waals surface area contributed by atoms with Gasteiger partial charge in [-0.05, 0) is 25.7 Å². The number of hydrogen-bond acceptors (Lipinski definition) is 5. The maximum atomic E-state index is 4.62. The molecule has 0 aromatic carbocycles. The first-order chi connectivity index (χ1) is 13.3. The van der Waals surface area contributed by atoms with E-state index in [9.17, 15) is 0 Å². The van der Waals surface area contributed by atoms with Gasteiger partial charge in [0.05, 0.1) is 0 Å². The smallest absolute Gasteiger partial charge is 0.131 e. The molecule has 0 atom stereocenters. The summed E-state index contributed by atoms with van der Waals surface area (Å²) in [4.78, 5) is 17.3. The minimum absolute atomic E-state index is 0.639. The molecule has 5 heteroatoms. The van der Waals surface area contributed by atoms with Gasteiger partial charge in [-0.3, -0.25) is 14.7 Å². The van der Waals surface area contributed by atoms with Gasteiger partial charge < -0.3 is 0 Å². The fourth-order valence-corrected chi connectivity index (χ4v) is 5.40. The van der Waals surface area contributed by atoms with Gasteiger partial charge in [0.25, 0.3) is 0 Å². The van der Waals surface area contributed by atoms with E-state index in [4.69, 9.17) is 0 Å². The Balaban J connectivity index is 1.04. The molecule has 2 saturated heterocycles. The molecule has 2 aliphatic heterocycles. The van der Waals surface area contributed by atoms with Gasteiger partial charge in [-0.25, -0.2) is 9.97 Å². The third-order valence-corrected chi connectivity index (χ3v) is 7.50. The molecular formula is C22H35N5. The lowest BCUT2D eigenvalue weighted by molar-refractivity contribution is -0.0105. The van der Waals surface area contributed by atoms with E-state index in [-0.39, 0.29) is 0 Å². The molecule has 0 unspecified atom stereocenters. The van der Waals surface area contributed by atoms with E-state index in [0.29, 0.717) is 5.92 Å². The van der Waals surface area contributed by atoms with Crippen molar-refractivity contribution in [3.8, 4) is 0 Å². The van der Waals surface area contributed by atoms with Crippen LogP contribution in [-0.4, -0.2) is 76.0 Å². The summed E-state index contributed by atoms with van der Waals surface area (Å²) in [5.74, 6) is 1.71. The molecule has 148 valence electrons. The van der Waals surface area contributed by atoms with E-state index in [1.54, 1.807) is 0 Å². The number of likely N-dealkylation sites (tertiary alicyclic amines) is 1. The average Bonchev–Trinajstić information content (AvgIpc) is 2.65. The standard InChI is InChI=1S/C22H35N5/c1-2-7-20(8-3-1)26-9-11-27(12-10-26)21-16-25(17-21)15-18-13-23-22(24-14-18)19-5-4-6-19/h13-14,19-21H,1-12,15-17H2. The van der Waals surface area contributed by atoms with E-state index in [2.05, 4.69) is 37.1 Å². The fourth-order valence-electron chi connectivity index (χ4n) is 5.40. The minimum Gasteiger partial charge on any atom is -0.298 e. The maximum absolute atomic E-state index is 4.62. The van der Waals surface area contributed by atoms with E-state index in [1.165, 1.54) is 96.2 Å². The SMILES string of the molecule is c1nc(C2CCC2)ncc1CN1CC(N2CCN(C3CCCCC3)CC2)C1. The summed E-state index contributed by atoms with van der Waals surface area (Å²) in [6.07, 6.45) is 15.3. The second kappa shape index (κ2) is 8.14. The molecule has 0 amide bonds. The Kier molecular flexibility index (Phi) is 5.43. The van der Waals surface area contributed by atoms with Crippen LogP contribution in [0.3, 0.4) is 0 Å². The summed E-state index contributed by atoms with van der Waals surface area (Å²) in [5, 5.41) is 0. The molecule has 0 radical (unpaired) electrons. The fraction of sp³-hybridized carbons (Fsp3) is 0.818. The number of aromatic nitrogens is 2. The van der Waals surface area contributed by atoms with Gasteiger partial charge >= 0.3 is 0 Å². The van der Waals surface area contributed by atoms with Crippen LogP contribution in [0.5, 0.6) is 0 Å². The van der Waals surface area contributed by atoms with Gasteiger partial charge in [0.1, 0.15) is 5.82 Å². The quantitative estimate of drug-likeness (QED) is 0.797. The van der Waals surface area contributed by atoms with Gasteiger partial charge in [-0.1, -0.05) is 25.7 Å². The van der Waals surface area contributed by atoms with Gasteiger partial charge in [-0.2, -0.15) is 0 Å². The molecular weight excluding hydrogens is 334 g/mol. The summed E-state index contributed by atoms with van der Waals surface area (Å²) in [6.45, 7) is 8.57. The number of rotatable bonds is 5. The third kappa shape index (κ3) is 4.06. The predicted octanol–water partition coefficient (Wildman–Crippen LogP) is 2.88. The molecule has 3 heterocycles. The zero-order chi connectivity index (χ0) is 18.1. The van der Waals surface area contributed by atoms with Gasteiger partial charge in [0.2, 0.25) is 0 Å². The molecule has 4 fully saturated rings. The molecule has 5 rings (SSSR count). The molecule has 0 bridgehead atoms. The van der Waals surface area contributed by atoms with Crippen molar-refractivity contribution in [3.05, 3.63) is 23.8 Å². The first kappa shape index (κ1) is 18.0. The predicted molar refractivity (Wildman–Crippen MR) is 108 cm³/mol. The monoisotopic (exact) mass is 369 g/mol. The van der Waals surface area contributed by atoms with Gasteiger partial charge in [0.15, 0.2) is 0 Å². The molecule has 2 saturated carbocycles. The summed E-state index contributed by atoms with van der Waals surface area (Å²) in [6, 6.07) is 1.66. The van der Waals surface area contributed by atoms with Crippen LogP contribution in [0.25, 0.3) is 0 Å². The van der Waals surface area contributed by atoms with Crippen molar-refractivity contribution in [2.75, 3.05) is 39.3 Å². The zero-order valence-electron chi connectivity index (χ0n) is 16.7. The van der Waals surface area contributed by atoms with E-state index in [1.807, 2.05) is 0 Å². The molecule has 1 aromatic rings. The van der Waals surface area contributed by atoms with Crippen molar-refractivity contribution in [2.45, 2.75) is 75.9 Å². The Morgan fingerprint density at radius 2 is 1.37 bits per heavy atom. The van der Waals surface area contributed by atoms with Crippen molar-refractivity contribution < 1.29 is 0 Å². The van der Waals surface area contributed by atoms with Crippen LogP contribution in [0.2, 0.25) is 0 Å². The minimum atomic E-state index is 0.639. The Morgan fingerprint density at radius 1 is 0.741 bits per heavy atom. The molecule has 27 heavy (non-hydrogen) atoms. The Bertz CT molecular complexity index is 594. The Labute approximate surface area is 164 Å². The number of piperazine rings is 1. The van der Waals surface area contributed by atoms with E-state index in [0.717, 1.165) is 24.5 Å². The highest BCUT2D eigenvalue weighted by Crippen LogP contribution is 2.34. The van der Waals surface area contributed by atoms with Crippen LogP contribution in [0.15, 0.2) is 12.4 Å². The third-order valence-electron chi connectivity index (χ3n) is 7.50. The number of nitrogens with zero attached hydrogens (tertiary/aromatic N) is 5. The summed E-state index contributed by atoms with van der Waals surface area (Å²) in [5.41, 5.74) is 1.28. The molecule has 5 nitrogen and oxygen atoms in total. The first-order valence-electron chi connectivity index (χ1n) is 11.4. The van der Waals surface area contributed by atoms with Crippen LogP contribution in [0, 0.1) is 0 Å². The Morgan fingerprint density at radius 3 is 1.96 bits per heavy atom.